The molecule has 2 nitrogen and oxygen atoms in total. The predicted octanol–water partition coefficient (Wildman–Crippen LogP) is 5.84. The van der Waals surface area contributed by atoms with E-state index in [1.807, 2.05) is 0 Å². The SMILES string of the molecule is CCCOC(CC(C)(C)C)Oc1ccc(CC(C)(C)C)cc1. The van der Waals surface area contributed by atoms with Crippen molar-refractivity contribution in [2.75, 3.05) is 6.61 Å². The molecule has 0 amide bonds. The molecule has 0 radical (unpaired) electrons. The van der Waals surface area contributed by atoms with Gasteiger partial charge in [0.2, 0.25) is 0 Å². The van der Waals surface area contributed by atoms with Crippen molar-refractivity contribution in [3.05, 3.63) is 29.8 Å². The van der Waals surface area contributed by atoms with E-state index in [2.05, 4.69) is 72.7 Å². The first-order chi connectivity index (χ1) is 10.1. The number of benzene rings is 1. The Balaban J connectivity index is 2.68. The normalized spacial score (nSPS) is 14.0. The molecule has 1 rings (SSSR count). The van der Waals surface area contributed by atoms with Gasteiger partial charge in [-0.1, -0.05) is 60.6 Å². The first-order valence-electron chi connectivity index (χ1n) is 8.46. The van der Waals surface area contributed by atoms with Crippen LogP contribution in [0.4, 0.5) is 0 Å². The molecule has 2 heteroatoms. The van der Waals surface area contributed by atoms with Crippen molar-refractivity contribution in [1.29, 1.82) is 0 Å². The average Bonchev–Trinajstić information content (AvgIpc) is 2.35. The lowest BCUT2D eigenvalue weighted by Crippen LogP contribution is -2.27. The number of ether oxygens (including phenoxy) is 2. The van der Waals surface area contributed by atoms with Gasteiger partial charge in [-0.25, -0.2) is 0 Å². The third kappa shape index (κ3) is 8.43. The van der Waals surface area contributed by atoms with Crippen molar-refractivity contribution in [3.63, 3.8) is 0 Å². The summed E-state index contributed by atoms with van der Waals surface area (Å²) in [5.74, 6) is 0.892. The highest BCUT2D eigenvalue weighted by Crippen LogP contribution is 2.26. The van der Waals surface area contributed by atoms with Crippen LogP contribution < -0.4 is 4.74 Å². The lowest BCUT2D eigenvalue weighted by molar-refractivity contribution is -0.0993. The Morgan fingerprint density at radius 3 is 1.95 bits per heavy atom. The Morgan fingerprint density at radius 1 is 0.909 bits per heavy atom. The van der Waals surface area contributed by atoms with Crippen LogP contribution in [0.5, 0.6) is 5.75 Å². The third-order valence-corrected chi connectivity index (χ3v) is 3.21. The van der Waals surface area contributed by atoms with Gasteiger partial charge in [0.15, 0.2) is 6.29 Å². The Bertz CT molecular complexity index is 421. The monoisotopic (exact) mass is 306 g/mol. The van der Waals surface area contributed by atoms with Crippen LogP contribution in [0, 0.1) is 10.8 Å². The summed E-state index contributed by atoms with van der Waals surface area (Å²) in [6.45, 7) is 16.3. The zero-order chi connectivity index (χ0) is 16.8. The van der Waals surface area contributed by atoms with Gasteiger partial charge < -0.3 is 9.47 Å². The quantitative estimate of drug-likeness (QED) is 0.589. The van der Waals surface area contributed by atoms with Crippen molar-refractivity contribution in [2.45, 2.75) is 74.0 Å². The topological polar surface area (TPSA) is 18.5 Å². The van der Waals surface area contributed by atoms with Gasteiger partial charge in [-0.15, -0.1) is 0 Å². The second kappa shape index (κ2) is 8.01. The summed E-state index contributed by atoms with van der Waals surface area (Å²) in [4.78, 5) is 0. The van der Waals surface area contributed by atoms with Crippen LogP contribution in [-0.2, 0) is 11.2 Å². The molecule has 1 unspecified atom stereocenters. The standard InChI is InChI=1S/C20H34O2/c1-8-13-21-18(15-20(5,6)7)22-17-11-9-16(10-12-17)14-19(2,3)4/h9-12,18H,8,13-15H2,1-7H3. The maximum absolute atomic E-state index is 6.06. The summed E-state index contributed by atoms with van der Waals surface area (Å²) in [6.07, 6.45) is 2.80. The average molecular weight is 306 g/mol. The molecule has 0 N–H and O–H groups in total. The molecule has 0 heterocycles. The zero-order valence-corrected chi connectivity index (χ0v) is 15.5. The van der Waals surface area contributed by atoms with E-state index in [0.29, 0.717) is 5.41 Å². The van der Waals surface area contributed by atoms with Crippen LogP contribution in [0.1, 0.15) is 66.9 Å². The Labute approximate surface area is 137 Å². The molecular formula is C20H34O2. The highest BCUT2D eigenvalue weighted by Gasteiger charge is 2.21. The minimum Gasteiger partial charge on any atom is -0.465 e. The van der Waals surface area contributed by atoms with Crippen LogP contribution >= 0.6 is 0 Å². The molecule has 0 bridgehead atoms. The summed E-state index contributed by atoms with van der Waals surface area (Å²) in [7, 11) is 0. The molecule has 0 aliphatic carbocycles. The minimum atomic E-state index is -0.173. The summed E-state index contributed by atoms with van der Waals surface area (Å²) in [5, 5.41) is 0. The summed E-state index contributed by atoms with van der Waals surface area (Å²) >= 11 is 0. The summed E-state index contributed by atoms with van der Waals surface area (Å²) in [5.41, 5.74) is 1.84. The van der Waals surface area contributed by atoms with Gasteiger partial charge in [-0.2, -0.15) is 0 Å². The van der Waals surface area contributed by atoms with Crippen LogP contribution in [0.15, 0.2) is 24.3 Å². The predicted molar refractivity (Wildman–Crippen MR) is 94.3 cm³/mol. The fourth-order valence-electron chi connectivity index (χ4n) is 2.33. The number of hydrogen-bond acceptors (Lipinski definition) is 2. The number of hydrogen-bond donors (Lipinski definition) is 0. The number of rotatable bonds is 7. The van der Waals surface area contributed by atoms with E-state index in [4.69, 9.17) is 9.47 Å². The molecule has 0 aromatic heterocycles. The molecule has 1 aromatic rings. The van der Waals surface area contributed by atoms with E-state index in [9.17, 15) is 0 Å². The molecule has 0 spiro atoms. The van der Waals surface area contributed by atoms with Crippen LogP contribution in [0.25, 0.3) is 0 Å². The second-order valence-electron chi connectivity index (χ2n) is 8.56. The van der Waals surface area contributed by atoms with Gasteiger partial charge in [-0.05, 0) is 41.4 Å². The van der Waals surface area contributed by atoms with Gasteiger partial charge in [0.05, 0.1) is 6.61 Å². The fraction of sp³-hybridized carbons (Fsp3) is 0.700. The molecule has 0 aliphatic heterocycles. The van der Waals surface area contributed by atoms with Crippen LogP contribution in [0.2, 0.25) is 0 Å². The van der Waals surface area contributed by atoms with E-state index < -0.39 is 0 Å². The van der Waals surface area contributed by atoms with Gasteiger partial charge in [0.1, 0.15) is 5.75 Å². The molecule has 0 saturated heterocycles. The van der Waals surface area contributed by atoms with E-state index in [1.165, 1.54) is 5.56 Å². The molecule has 22 heavy (non-hydrogen) atoms. The Kier molecular flexibility index (Phi) is 6.93. The van der Waals surface area contributed by atoms with Crippen molar-refractivity contribution in [1.82, 2.24) is 0 Å². The van der Waals surface area contributed by atoms with Crippen LogP contribution in [-0.4, -0.2) is 12.9 Å². The highest BCUT2D eigenvalue weighted by atomic mass is 16.7. The van der Waals surface area contributed by atoms with E-state index >= 15 is 0 Å². The van der Waals surface area contributed by atoms with E-state index in [-0.39, 0.29) is 11.7 Å². The minimum absolute atomic E-state index is 0.173. The van der Waals surface area contributed by atoms with Crippen molar-refractivity contribution in [3.8, 4) is 5.75 Å². The molecule has 0 saturated carbocycles. The highest BCUT2D eigenvalue weighted by molar-refractivity contribution is 5.28. The van der Waals surface area contributed by atoms with Gasteiger partial charge in [0, 0.05) is 6.42 Å². The fourth-order valence-corrected chi connectivity index (χ4v) is 2.33. The van der Waals surface area contributed by atoms with Crippen molar-refractivity contribution >= 4 is 0 Å². The molecule has 1 atom stereocenters. The molecule has 0 aliphatic rings. The van der Waals surface area contributed by atoms with Gasteiger partial charge in [-0.3, -0.25) is 0 Å². The lowest BCUT2D eigenvalue weighted by Gasteiger charge is -2.27. The third-order valence-electron chi connectivity index (χ3n) is 3.21. The van der Waals surface area contributed by atoms with Crippen molar-refractivity contribution in [2.24, 2.45) is 10.8 Å². The Morgan fingerprint density at radius 2 is 1.50 bits per heavy atom. The first kappa shape index (κ1) is 19.0. The lowest BCUT2D eigenvalue weighted by atomic mass is 9.88. The molecular weight excluding hydrogens is 272 g/mol. The second-order valence-corrected chi connectivity index (χ2v) is 8.56. The summed E-state index contributed by atoms with van der Waals surface area (Å²) in [6, 6.07) is 8.45. The largest absolute Gasteiger partial charge is 0.465 e. The van der Waals surface area contributed by atoms with Crippen molar-refractivity contribution < 1.29 is 9.47 Å². The summed E-state index contributed by atoms with van der Waals surface area (Å²) < 4.78 is 11.9. The van der Waals surface area contributed by atoms with Gasteiger partial charge in [0.25, 0.3) is 0 Å². The van der Waals surface area contributed by atoms with Crippen LogP contribution in [0.3, 0.4) is 0 Å². The maximum atomic E-state index is 6.06. The van der Waals surface area contributed by atoms with E-state index in [0.717, 1.165) is 31.6 Å². The zero-order valence-electron chi connectivity index (χ0n) is 15.5. The van der Waals surface area contributed by atoms with E-state index in [1.54, 1.807) is 0 Å². The Hall–Kier alpha value is -1.02. The molecule has 126 valence electrons. The molecule has 1 aromatic carbocycles. The molecule has 0 fully saturated rings. The first-order valence-corrected chi connectivity index (χ1v) is 8.46. The van der Waals surface area contributed by atoms with Gasteiger partial charge >= 0.3 is 0 Å². The smallest absolute Gasteiger partial charge is 0.200 e. The maximum Gasteiger partial charge on any atom is 0.200 e.